The Hall–Kier alpha value is -1.63. The summed E-state index contributed by atoms with van der Waals surface area (Å²) < 4.78 is 4.76. The second-order valence-corrected chi connectivity index (χ2v) is 5.75. The van der Waals surface area contributed by atoms with Gasteiger partial charge in [0.15, 0.2) is 5.01 Å². The number of nitrogens with zero attached hydrogens (tertiary/aromatic N) is 1. The molecule has 1 atom stereocenters. The van der Waals surface area contributed by atoms with E-state index in [2.05, 4.69) is 10.3 Å². The molecular formula is C11H17N3O3S. The maximum absolute atomic E-state index is 11.9. The first-order valence-electron chi connectivity index (χ1n) is 5.43. The Labute approximate surface area is 110 Å². The number of hydrogen-bond acceptors (Lipinski definition) is 5. The minimum absolute atomic E-state index is 0.0376. The zero-order valence-electron chi connectivity index (χ0n) is 10.6. The Balaban J connectivity index is 2.67. The topological polar surface area (TPSA) is 94.3 Å². The molecular weight excluding hydrogens is 254 g/mol. The van der Waals surface area contributed by atoms with E-state index >= 15 is 0 Å². The van der Waals surface area contributed by atoms with Gasteiger partial charge in [0.2, 0.25) is 0 Å². The third kappa shape index (κ3) is 4.33. The zero-order chi connectivity index (χ0) is 13.8. The fraction of sp³-hybridized carbons (Fsp3) is 0.545. The van der Waals surface area contributed by atoms with Crippen LogP contribution in [-0.2, 0) is 4.74 Å². The van der Waals surface area contributed by atoms with Gasteiger partial charge in [0.1, 0.15) is 6.61 Å². The van der Waals surface area contributed by atoms with Gasteiger partial charge in [0.05, 0.1) is 6.04 Å². The summed E-state index contributed by atoms with van der Waals surface area (Å²) in [5.74, 6) is -0.280. The van der Waals surface area contributed by atoms with Crippen LogP contribution in [0.5, 0.6) is 0 Å². The molecule has 100 valence electrons. The lowest BCUT2D eigenvalue weighted by Gasteiger charge is -2.30. The lowest BCUT2D eigenvalue weighted by atomic mass is 9.87. The molecule has 0 saturated heterocycles. The van der Waals surface area contributed by atoms with Crippen LogP contribution in [-0.4, -0.2) is 29.6 Å². The molecule has 1 aromatic rings. The van der Waals surface area contributed by atoms with Crippen molar-refractivity contribution in [2.45, 2.75) is 26.8 Å². The number of carbonyl (C=O) groups is 2. The first kappa shape index (κ1) is 14.4. The first-order chi connectivity index (χ1) is 8.30. The second kappa shape index (κ2) is 5.81. The Morgan fingerprint density at radius 1 is 1.56 bits per heavy atom. The lowest BCUT2D eigenvalue weighted by molar-refractivity contribution is 0.0803. The fourth-order valence-corrected chi connectivity index (χ4v) is 1.77. The number of carbonyl (C=O) groups excluding carboxylic acids is 2. The second-order valence-electron chi connectivity index (χ2n) is 4.86. The maximum atomic E-state index is 11.9. The molecule has 0 aliphatic heterocycles. The molecule has 0 spiro atoms. The van der Waals surface area contributed by atoms with Crippen molar-refractivity contribution >= 4 is 23.3 Å². The van der Waals surface area contributed by atoms with Crippen molar-refractivity contribution in [3.63, 3.8) is 0 Å². The van der Waals surface area contributed by atoms with Crippen molar-refractivity contribution in [1.29, 1.82) is 0 Å². The smallest absolute Gasteiger partial charge is 0.404 e. The van der Waals surface area contributed by atoms with Crippen LogP contribution in [0.1, 0.15) is 30.6 Å². The SMILES string of the molecule is CC(C)(C)C(COC(N)=O)NC(=O)c1nccs1. The number of aromatic nitrogens is 1. The third-order valence-corrected chi connectivity index (χ3v) is 3.14. The minimum atomic E-state index is -0.854. The van der Waals surface area contributed by atoms with Crippen molar-refractivity contribution in [1.82, 2.24) is 10.3 Å². The van der Waals surface area contributed by atoms with Gasteiger partial charge in [0, 0.05) is 11.6 Å². The summed E-state index contributed by atoms with van der Waals surface area (Å²) in [6.07, 6.45) is 0.707. The summed E-state index contributed by atoms with van der Waals surface area (Å²) in [5.41, 5.74) is 4.66. The van der Waals surface area contributed by atoms with Crippen molar-refractivity contribution in [2.24, 2.45) is 11.1 Å². The van der Waals surface area contributed by atoms with E-state index < -0.39 is 6.09 Å². The van der Waals surface area contributed by atoms with Gasteiger partial charge in [-0.2, -0.15) is 0 Å². The molecule has 6 nitrogen and oxygen atoms in total. The molecule has 3 N–H and O–H groups in total. The fourth-order valence-electron chi connectivity index (χ4n) is 1.23. The van der Waals surface area contributed by atoms with E-state index in [0.717, 1.165) is 0 Å². The van der Waals surface area contributed by atoms with Gasteiger partial charge in [-0.25, -0.2) is 9.78 Å². The molecule has 0 aliphatic rings. The van der Waals surface area contributed by atoms with Crippen molar-refractivity contribution in [2.75, 3.05) is 6.61 Å². The average molecular weight is 271 g/mol. The van der Waals surface area contributed by atoms with Crippen molar-refractivity contribution in [3.8, 4) is 0 Å². The molecule has 1 heterocycles. The van der Waals surface area contributed by atoms with Crippen molar-refractivity contribution in [3.05, 3.63) is 16.6 Å². The summed E-state index contributed by atoms with van der Waals surface area (Å²) in [6.45, 7) is 5.84. The van der Waals surface area contributed by atoms with Crippen LogP contribution < -0.4 is 11.1 Å². The van der Waals surface area contributed by atoms with E-state index in [-0.39, 0.29) is 24.0 Å². The maximum Gasteiger partial charge on any atom is 0.404 e. The molecule has 7 heteroatoms. The number of amides is 2. The van der Waals surface area contributed by atoms with E-state index in [1.165, 1.54) is 11.3 Å². The van der Waals surface area contributed by atoms with Gasteiger partial charge in [-0.05, 0) is 5.41 Å². The molecule has 0 radical (unpaired) electrons. The Morgan fingerprint density at radius 3 is 2.67 bits per heavy atom. The quantitative estimate of drug-likeness (QED) is 0.865. The Bertz CT molecular complexity index is 412. The third-order valence-electron chi connectivity index (χ3n) is 2.37. The van der Waals surface area contributed by atoms with Gasteiger partial charge < -0.3 is 15.8 Å². The molecule has 18 heavy (non-hydrogen) atoms. The highest BCUT2D eigenvalue weighted by Crippen LogP contribution is 2.20. The summed E-state index contributed by atoms with van der Waals surface area (Å²) in [5, 5.41) is 4.89. The number of rotatable bonds is 4. The molecule has 0 aromatic carbocycles. The number of hydrogen-bond donors (Lipinski definition) is 2. The van der Waals surface area contributed by atoms with Crippen LogP contribution in [0.2, 0.25) is 0 Å². The normalized spacial score (nSPS) is 12.8. The minimum Gasteiger partial charge on any atom is -0.448 e. The number of nitrogens with two attached hydrogens (primary N) is 1. The summed E-state index contributed by atoms with van der Waals surface area (Å²) in [4.78, 5) is 26.4. The lowest BCUT2D eigenvalue weighted by Crippen LogP contribution is -2.47. The van der Waals surface area contributed by atoms with Crippen LogP contribution in [0, 0.1) is 5.41 Å². The van der Waals surface area contributed by atoms with Crippen LogP contribution in [0.25, 0.3) is 0 Å². The van der Waals surface area contributed by atoms with E-state index in [1.54, 1.807) is 11.6 Å². The molecule has 1 unspecified atom stereocenters. The predicted octanol–water partition coefficient (Wildman–Crippen LogP) is 1.38. The highest BCUT2D eigenvalue weighted by molar-refractivity contribution is 7.11. The highest BCUT2D eigenvalue weighted by atomic mass is 32.1. The Kier molecular flexibility index (Phi) is 4.66. The number of ether oxygens (including phenoxy) is 1. The Morgan fingerprint density at radius 2 is 2.22 bits per heavy atom. The van der Waals surface area contributed by atoms with E-state index in [1.807, 2.05) is 20.8 Å². The summed E-state index contributed by atoms with van der Waals surface area (Å²) in [7, 11) is 0. The standard InChI is InChI=1S/C11H17N3O3S/c1-11(2,3)7(6-17-10(12)16)14-8(15)9-13-4-5-18-9/h4-5,7H,6H2,1-3H3,(H2,12,16)(H,14,15). The van der Waals surface area contributed by atoms with E-state index in [4.69, 9.17) is 10.5 Å². The van der Waals surface area contributed by atoms with Crippen molar-refractivity contribution < 1.29 is 14.3 Å². The molecule has 0 saturated carbocycles. The molecule has 1 rings (SSSR count). The van der Waals surface area contributed by atoms with E-state index in [0.29, 0.717) is 5.01 Å². The summed E-state index contributed by atoms with van der Waals surface area (Å²) in [6, 6.07) is -0.332. The monoisotopic (exact) mass is 271 g/mol. The van der Waals surface area contributed by atoms with E-state index in [9.17, 15) is 9.59 Å². The molecule has 0 bridgehead atoms. The zero-order valence-corrected chi connectivity index (χ0v) is 11.4. The van der Waals surface area contributed by atoms with Gasteiger partial charge in [-0.1, -0.05) is 20.8 Å². The van der Waals surface area contributed by atoms with Gasteiger partial charge in [-0.3, -0.25) is 4.79 Å². The number of nitrogens with one attached hydrogen (secondary N) is 1. The average Bonchev–Trinajstić information content (AvgIpc) is 2.74. The predicted molar refractivity (Wildman–Crippen MR) is 68.4 cm³/mol. The van der Waals surface area contributed by atoms with Crippen LogP contribution in [0.3, 0.4) is 0 Å². The molecule has 2 amide bonds. The molecule has 1 aromatic heterocycles. The van der Waals surface area contributed by atoms with Crippen LogP contribution in [0.4, 0.5) is 4.79 Å². The van der Waals surface area contributed by atoms with Gasteiger partial charge in [0.25, 0.3) is 5.91 Å². The number of primary amides is 1. The number of thiazole rings is 1. The highest BCUT2D eigenvalue weighted by Gasteiger charge is 2.28. The van der Waals surface area contributed by atoms with Gasteiger partial charge >= 0.3 is 6.09 Å². The molecule has 0 fully saturated rings. The summed E-state index contributed by atoms with van der Waals surface area (Å²) >= 11 is 1.25. The molecule has 0 aliphatic carbocycles. The van der Waals surface area contributed by atoms with Crippen LogP contribution >= 0.6 is 11.3 Å². The van der Waals surface area contributed by atoms with Crippen LogP contribution in [0.15, 0.2) is 11.6 Å². The largest absolute Gasteiger partial charge is 0.448 e. The first-order valence-corrected chi connectivity index (χ1v) is 6.31. The van der Waals surface area contributed by atoms with Gasteiger partial charge in [-0.15, -0.1) is 11.3 Å².